The van der Waals surface area contributed by atoms with Gasteiger partial charge in [-0.2, -0.15) is 4.31 Å². The Kier molecular flexibility index (Phi) is 6.12. The molecular weight excluding hydrogens is 334 g/mol. The monoisotopic (exact) mass is 351 g/mol. The summed E-state index contributed by atoms with van der Waals surface area (Å²) in [5, 5.41) is 11.1. The van der Waals surface area contributed by atoms with Crippen LogP contribution in [0, 0.1) is 10.1 Å². The zero-order valence-corrected chi connectivity index (χ0v) is 13.6. The highest BCUT2D eigenvalue weighted by atomic mass is 35.5. The number of nitro groups is 1. The minimum Gasteiger partial charge on any atom is -0.497 e. The molecule has 1 unspecified atom stereocenters. The average molecular weight is 352 g/mol. The molecule has 1 aromatic rings. The third-order valence-electron chi connectivity index (χ3n) is 3.54. The highest BCUT2D eigenvalue weighted by Gasteiger charge is 2.38. The average Bonchev–Trinajstić information content (AvgIpc) is 2.95. The van der Waals surface area contributed by atoms with Crippen LogP contribution >= 0.6 is 12.4 Å². The Morgan fingerprint density at radius 3 is 2.73 bits per heavy atom. The molecule has 1 aliphatic rings. The Balaban J connectivity index is 0.00000242. The van der Waals surface area contributed by atoms with Crippen LogP contribution in [0.1, 0.15) is 12.8 Å². The molecule has 0 amide bonds. The van der Waals surface area contributed by atoms with Crippen LogP contribution < -0.4 is 10.5 Å². The summed E-state index contributed by atoms with van der Waals surface area (Å²) in [6.45, 7) is 0.524. The molecule has 0 saturated carbocycles. The third kappa shape index (κ3) is 3.32. The summed E-state index contributed by atoms with van der Waals surface area (Å²) < 4.78 is 31.5. The lowest BCUT2D eigenvalue weighted by molar-refractivity contribution is -0.387. The summed E-state index contributed by atoms with van der Waals surface area (Å²) in [5.41, 5.74) is 5.09. The summed E-state index contributed by atoms with van der Waals surface area (Å²) >= 11 is 0. The molecular formula is C12H18ClN3O5S. The predicted octanol–water partition coefficient (Wildman–Crippen LogP) is 1.14. The number of benzene rings is 1. The molecule has 0 bridgehead atoms. The van der Waals surface area contributed by atoms with Crippen molar-refractivity contribution in [3.05, 3.63) is 28.3 Å². The maximum atomic E-state index is 12.7. The normalized spacial score (nSPS) is 18.7. The van der Waals surface area contributed by atoms with Crippen LogP contribution in [0.3, 0.4) is 0 Å². The molecule has 0 radical (unpaired) electrons. The number of ether oxygens (including phenoxy) is 1. The number of nitrogens with zero attached hydrogens (tertiary/aromatic N) is 2. The van der Waals surface area contributed by atoms with Crippen LogP contribution in [0.15, 0.2) is 23.1 Å². The Hall–Kier alpha value is -1.42. The fourth-order valence-electron chi connectivity index (χ4n) is 2.47. The number of hydrogen-bond acceptors (Lipinski definition) is 6. The van der Waals surface area contributed by atoms with Crippen LogP contribution in [0.2, 0.25) is 0 Å². The molecule has 2 rings (SSSR count). The fraction of sp³-hybridized carbons (Fsp3) is 0.500. The summed E-state index contributed by atoms with van der Waals surface area (Å²) in [6.07, 6.45) is 1.37. The first-order chi connectivity index (χ1) is 9.91. The van der Waals surface area contributed by atoms with E-state index in [0.717, 1.165) is 6.07 Å². The van der Waals surface area contributed by atoms with Crippen LogP contribution in [-0.2, 0) is 10.0 Å². The maximum Gasteiger partial charge on any atom is 0.293 e. The zero-order valence-electron chi connectivity index (χ0n) is 12.0. The van der Waals surface area contributed by atoms with Gasteiger partial charge in [-0.15, -0.1) is 12.4 Å². The molecule has 2 N–H and O–H groups in total. The van der Waals surface area contributed by atoms with E-state index in [4.69, 9.17) is 10.5 Å². The van der Waals surface area contributed by atoms with Crippen LogP contribution in [-0.4, -0.2) is 43.9 Å². The largest absolute Gasteiger partial charge is 0.497 e. The maximum absolute atomic E-state index is 12.7. The summed E-state index contributed by atoms with van der Waals surface area (Å²) in [6, 6.07) is 3.41. The molecule has 1 atom stereocenters. The molecule has 10 heteroatoms. The van der Waals surface area contributed by atoms with Gasteiger partial charge in [0.2, 0.25) is 10.0 Å². The first-order valence-electron chi connectivity index (χ1n) is 6.46. The molecule has 0 aromatic heterocycles. The molecule has 124 valence electrons. The third-order valence-corrected chi connectivity index (χ3v) is 5.54. The highest BCUT2D eigenvalue weighted by Crippen LogP contribution is 2.33. The van der Waals surface area contributed by atoms with E-state index in [0.29, 0.717) is 19.4 Å². The van der Waals surface area contributed by atoms with Gasteiger partial charge in [-0.3, -0.25) is 10.1 Å². The summed E-state index contributed by atoms with van der Waals surface area (Å²) in [4.78, 5) is 10.1. The van der Waals surface area contributed by atoms with Crippen molar-refractivity contribution in [2.24, 2.45) is 5.73 Å². The number of nitro benzene ring substituents is 1. The van der Waals surface area contributed by atoms with Gasteiger partial charge in [0.05, 0.1) is 18.1 Å². The topological polar surface area (TPSA) is 116 Å². The minimum atomic E-state index is -3.94. The SMILES string of the molecule is COc1ccc(S(=O)(=O)N2CCCC2CN)c([N+](=O)[O-])c1.Cl. The van der Waals surface area contributed by atoms with Gasteiger partial charge >= 0.3 is 0 Å². The molecule has 8 nitrogen and oxygen atoms in total. The quantitative estimate of drug-likeness (QED) is 0.628. The number of rotatable bonds is 5. The van der Waals surface area contributed by atoms with Gasteiger partial charge in [0.25, 0.3) is 5.69 Å². The van der Waals surface area contributed by atoms with E-state index in [-0.39, 0.29) is 35.6 Å². The number of hydrogen-bond donors (Lipinski definition) is 1. The fourth-order valence-corrected chi connectivity index (χ4v) is 4.32. The second-order valence-corrected chi connectivity index (χ2v) is 6.60. The van der Waals surface area contributed by atoms with Crippen molar-refractivity contribution in [2.75, 3.05) is 20.2 Å². The molecule has 0 spiro atoms. The number of sulfonamides is 1. The zero-order chi connectivity index (χ0) is 15.6. The first kappa shape index (κ1) is 18.6. The van der Waals surface area contributed by atoms with Gasteiger partial charge < -0.3 is 10.5 Å². The van der Waals surface area contributed by atoms with E-state index in [1.807, 2.05) is 0 Å². The molecule has 0 aliphatic carbocycles. The lowest BCUT2D eigenvalue weighted by Gasteiger charge is -2.22. The minimum absolute atomic E-state index is 0. The number of halogens is 1. The van der Waals surface area contributed by atoms with Crippen molar-refractivity contribution in [3.63, 3.8) is 0 Å². The molecule has 1 fully saturated rings. The van der Waals surface area contributed by atoms with Crippen molar-refractivity contribution in [3.8, 4) is 5.75 Å². The number of nitrogens with two attached hydrogens (primary N) is 1. The van der Waals surface area contributed by atoms with E-state index in [1.165, 1.54) is 23.5 Å². The van der Waals surface area contributed by atoms with E-state index in [1.54, 1.807) is 0 Å². The van der Waals surface area contributed by atoms with Gasteiger partial charge in [0.15, 0.2) is 4.90 Å². The van der Waals surface area contributed by atoms with Gasteiger partial charge in [0.1, 0.15) is 5.75 Å². The van der Waals surface area contributed by atoms with E-state index >= 15 is 0 Å². The van der Waals surface area contributed by atoms with Crippen molar-refractivity contribution < 1.29 is 18.1 Å². The van der Waals surface area contributed by atoms with Crippen LogP contribution in [0.5, 0.6) is 5.75 Å². The molecule has 1 aromatic carbocycles. The lowest BCUT2D eigenvalue weighted by Crippen LogP contribution is -2.40. The van der Waals surface area contributed by atoms with Crippen molar-refractivity contribution >= 4 is 28.1 Å². The predicted molar refractivity (Wildman–Crippen MR) is 82.9 cm³/mol. The van der Waals surface area contributed by atoms with Gasteiger partial charge in [0, 0.05) is 19.1 Å². The standard InChI is InChI=1S/C12H17N3O5S.ClH/c1-20-10-4-5-12(11(7-10)15(16)17)21(18,19)14-6-2-3-9(14)8-13;/h4-5,7,9H,2-3,6,8,13H2,1H3;1H. The Morgan fingerprint density at radius 1 is 1.50 bits per heavy atom. The van der Waals surface area contributed by atoms with Gasteiger partial charge in [-0.05, 0) is 25.0 Å². The second kappa shape index (κ2) is 7.23. The first-order valence-corrected chi connectivity index (χ1v) is 7.90. The number of methoxy groups -OCH3 is 1. The molecule has 1 aliphatic heterocycles. The molecule has 1 heterocycles. The van der Waals surface area contributed by atoms with Gasteiger partial charge in [-0.25, -0.2) is 8.42 Å². The Bertz CT molecular complexity index is 652. The summed E-state index contributed by atoms with van der Waals surface area (Å²) in [5.74, 6) is 0.234. The van der Waals surface area contributed by atoms with Crippen molar-refractivity contribution in [1.29, 1.82) is 0 Å². The van der Waals surface area contributed by atoms with Crippen LogP contribution in [0.25, 0.3) is 0 Å². The van der Waals surface area contributed by atoms with E-state index in [2.05, 4.69) is 0 Å². The van der Waals surface area contributed by atoms with Gasteiger partial charge in [-0.1, -0.05) is 0 Å². The molecule has 22 heavy (non-hydrogen) atoms. The highest BCUT2D eigenvalue weighted by molar-refractivity contribution is 7.89. The van der Waals surface area contributed by atoms with E-state index in [9.17, 15) is 18.5 Å². The molecule has 1 saturated heterocycles. The smallest absolute Gasteiger partial charge is 0.293 e. The second-order valence-electron chi connectivity index (χ2n) is 4.74. The van der Waals surface area contributed by atoms with Crippen molar-refractivity contribution in [2.45, 2.75) is 23.8 Å². The van der Waals surface area contributed by atoms with Crippen molar-refractivity contribution in [1.82, 2.24) is 4.31 Å². The van der Waals surface area contributed by atoms with Crippen LogP contribution in [0.4, 0.5) is 5.69 Å². The summed E-state index contributed by atoms with van der Waals surface area (Å²) in [7, 11) is -2.59. The van der Waals surface area contributed by atoms with E-state index < -0.39 is 20.6 Å². The Morgan fingerprint density at radius 2 is 2.18 bits per heavy atom. The Labute approximate surface area is 134 Å². The lowest BCUT2D eigenvalue weighted by atomic mass is 10.2.